The monoisotopic (exact) mass is 445 g/mol. The van der Waals surface area contributed by atoms with Crippen molar-refractivity contribution in [3.8, 4) is 5.75 Å². The van der Waals surface area contributed by atoms with Crippen LogP contribution in [0.25, 0.3) is 11.0 Å². The molecule has 0 N–H and O–H groups in total. The Balaban J connectivity index is 1.77. The van der Waals surface area contributed by atoms with E-state index in [-0.39, 0.29) is 17.6 Å². The molecule has 0 saturated carbocycles. The van der Waals surface area contributed by atoms with Gasteiger partial charge >= 0.3 is 5.91 Å². The molecule has 3 rings (SSSR count). The van der Waals surface area contributed by atoms with Crippen molar-refractivity contribution in [2.75, 3.05) is 0 Å². The fourth-order valence-electron chi connectivity index (χ4n) is 2.35. The largest absolute Gasteiger partial charge is 0.490 e. The molecule has 0 fully saturated rings. The maximum Gasteiger partial charge on any atom is 0.331 e. The lowest BCUT2D eigenvalue weighted by Gasteiger charge is -2.13. The highest BCUT2D eigenvalue weighted by Crippen LogP contribution is 2.31. The van der Waals surface area contributed by atoms with Gasteiger partial charge in [-0.3, -0.25) is 14.9 Å². The van der Waals surface area contributed by atoms with Crippen molar-refractivity contribution in [2.24, 2.45) is 10.2 Å². The minimum atomic E-state index is -0.685. The minimum absolute atomic E-state index is 0.0463. The summed E-state index contributed by atoms with van der Waals surface area (Å²) in [7, 11) is 0. The van der Waals surface area contributed by atoms with E-state index in [2.05, 4.69) is 26.2 Å². The van der Waals surface area contributed by atoms with E-state index in [0.717, 1.165) is 6.42 Å². The average molecular weight is 446 g/mol. The van der Waals surface area contributed by atoms with Gasteiger partial charge < -0.3 is 9.15 Å². The lowest BCUT2D eigenvalue weighted by atomic mass is 10.2. The Labute approximate surface area is 168 Å². The van der Waals surface area contributed by atoms with E-state index in [1.54, 1.807) is 18.2 Å². The highest BCUT2D eigenvalue weighted by molar-refractivity contribution is 9.10. The number of hydrogen-bond acceptors (Lipinski definition) is 6. The number of azo groups is 1. The van der Waals surface area contributed by atoms with Crippen LogP contribution in [0.1, 0.15) is 30.8 Å². The number of nitro groups is 1. The van der Waals surface area contributed by atoms with Crippen molar-refractivity contribution in [1.29, 1.82) is 0 Å². The van der Waals surface area contributed by atoms with Gasteiger partial charge in [0.1, 0.15) is 11.3 Å². The van der Waals surface area contributed by atoms with E-state index in [9.17, 15) is 14.9 Å². The number of nitro benzene ring substituents is 1. The quantitative estimate of drug-likeness (QED) is 0.254. The van der Waals surface area contributed by atoms with Crippen LogP contribution >= 0.6 is 15.9 Å². The molecule has 0 spiro atoms. The van der Waals surface area contributed by atoms with E-state index in [1.165, 1.54) is 24.3 Å². The van der Waals surface area contributed by atoms with Crippen molar-refractivity contribution in [3.05, 3.63) is 62.8 Å². The molecule has 1 aromatic heterocycles. The molecule has 1 heterocycles. The second-order valence-electron chi connectivity index (χ2n) is 6.05. The first kappa shape index (κ1) is 19.7. The number of non-ortho nitro benzene ring substituents is 1. The van der Waals surface area contributed by atoms with Gasteiger partial charge in [-0.1, -0.05) is 6.92 Å². The Bertz CT molecular complexity index is 1080. The first-order valence-corrected chi connectivity index (χ1v) is 9.27. The fourth-order valence-corrected chi connectivity index (χ4v) is 2.81. The third kappa shape index (κ3) is 4.42. The highest BCUT2D eigenvalue weighted by atomic mass is 79.9. The molecule has 9 heteroatoms. The Morgan fingerprint density at radius 3 is 2.75 bits per heavy atom. The number of furan rings is 1. The summed E-state index contributed by atoms with van der Waals surface area (Å²) in [5.41, 5.74) is 0.736. The normalized spacial score (nSPS) is 12.4. The molecule has 0 aliphatic rings. The first-order valence-electron chi connectivity index (χ1n) is 8.47. The predicted molar refractivity (Wildman–Crippen MR) is 106 cm³/mol. The fraction of sp³-hybridized carbons (Fsp3) is 0.211. The first-order chi connectivity index (χ1) is 13.4. The van der Waals surface area contributed by atoms with Crippen molar-refractivity contribution in [2.45, 2.75) is 26.4 Å². The summed E-state index contributed by atoms with van der Waals surface area (Å²) in [6.45, 7) is 4.00. The van der Waals surface area contributed by atoms with Crippen LogP contribution in [0.15, 0.2) is 61.6 Å². The van der Waals surface area contributed by atoms with Crippen LogP contribution in [0, 0.1) is 10.1 Å². The van der Waals surface area contributed by atoms with Crippen molar-refractivity contribution < 1.29 is 18.9 Å². The molecule has 0 bridgehead atoms. The van der Waals surface area contributed by atoms with Gasteiger partial charge in [-0.15, -0.1) is 10.2 Å². The van der Waals surface area contributed by atoms with Gasteiger partial charge in [0.05, 0.1) is 21.2 Å². The molecule has 0 aliphatic carbocycles. The van der Waals surface area contributed by atoms with Gasteiger partial charge in [-0.2, -0.15) is 0 Å². The molecule has 0 saturated heterocycles. The van der Waals surface area contributed by atoms with E-state index < -0.39 is 10.8 Å². The van der Waals surface area contributed by atoms with Crippen LogP contribution in [0.2, 0.25) is 0 Å². The summed E-state index contributed by atoms with van der Waals surface area (Å²) >= 11 is 3.41. The number of amides is 1. The summed E-state index contributed by atoms with van der Waals surface area (Å²) in [5.74, 6) is -0.0524. The number of nitrogens with zero attached hydrogens (tertiary/aromatic N) is 3. The van der Waals surface area contributed by atoms with E-state index in [1.807, 2.05) is 13.8 Å². The third-order valence-electron chi connectivity index (χ3n) is 4.00. The lowest BCUT2D eigenvalue weighted by Crippen LogP contribution is -2.09. The SMILES string of the molecule is CCC(C)Oc1ccc(N=NC(=O)c2cc3cc([N+](=O)[O-])ccc3o2)cc1Br. The van der Waals surface area contributed by atoms with Crippen LogP contribution in [0.3, 0.4) is 0 Å². The molecular weight excluding hydrogens is 430 g/mol. The Morgan fingerprint density at radius 2 is 2.07 bits per heavy atom. The molecule has 28 heavy (non-hydrogen) atoms. The van der Waals surface area contributed by atoms with Gasteiger partial charge in [0, 0.05) is 17.5 Å². The number of carbonyl (C=O) groups excluding carboxylic acids is 1. The topological polar surface area (TPSA) is 107 Å². The predicted octanol–water partition coefficient (Wildman–Crippen LogP) is 6.20. The maximum atomic E-state index is 12.2. The molecule has 2 aromatic carbocycles. The number of fused-ring (bicyclic) bond motifs is 1. The number of halogens is 1. The van der Waals surface area contributed by atoms with Gasteiger partial charge in [0.15, 0.2) is 5.76 Å². The highest BCUT2D eigenvalue weighted by Gasteiger charge is 2.15. The van der Waals surface area contributed by atoms with Gasteiger partial charge in [-0.05, 0) is 59.6 Å². The summed E-state index contributed by atoms with van der Waals surface area (Å²) in [6, 6.07) is 10.6. The summed E-state index contributed by atoms with van der Waals surface area (Å²) in [5, 5.41) is 18.9. The molecule has 1 atom stereocenters. The minimum Gasteiger partial charge on any atom is -0.490 e. The van der Waals surface area contributed by atoms with Gasteiger partial charge in [0.25, 0.3) is 5.69 Å². The molecule has 1 unspecified atom stereocenters. The average Bonchev–Trinajstić information content (AvgIpc) is 3.11. The van der Waals surface area contributed by atoms with Crippen molar-refractivity contribution in [1.82, 2.24) is 0 Å². The van der Waals surface area contributed by atoms with E-state index in [0.29, 0.717) is 26.9 Å². The Hall–Kier alpha value is -3.07. The maximum absolute atomic E-state index is 12.2. The van der Waals surface area contributed by atoms with Crippen LogP contribution in [-0.4, -0.2) is 16.9 Å². The van der Waals surface area contributed by atoms with Crippen LogP contribution in [0.5, 0.6) is 5.75 Å². The molecule has 0 radical (unpaired) electrons. The standard InChI is InChI=1S/C19H16BrN3O5/c1-3-11(2)27-17-6-4-13(10-15(17)20)21-22-19(24)18-9-12-8-14(23(25)26)5-7-16(12)28-18/h4-11H,3H2,1-2H3. The third-order valence-corrected chi connectivity index (χ3v) is 4.62. The zero-order valence-corrected chi connectivity index (χ0v) is 16.7. The molecule has 0 aliphatic heterocycles. The van der Waals surface area contributed by atoms with Crippen LogP contribution in [0.4, 0.5) is 11.4 Å². The van der Waals surface area contributed by atoms with Crippen molar-refractivity contribution >= 4 is 44.2 Å². The number of ether oxygens (including phenoxy) is 1. The molecule has 1 amide bonds. The molecular formula is C19H16BrN3O5. The zero-order valence-electron chi connectivity index (χ0n) is 15.1. The number of benzene rings is 2. The van der Waals surface area contributed by atoms with Crippen LogP contribution < -0.4 is 4.74 Å². The molecule has 144 valence electrons. The zero-order chi connectivity index (χ0) is 20.3. The molecule has 3 aromatic rings. The van der Waals surface area contributed by atoms with Gasteiger partial charge in [0.2, 0.25) is 0 Å². The second-order valence-corrected chi connectivity index (χ2v) is 6.90. The number of rotatable bonds is 6. The summed E-state index contributed by atoms with van der Waals surface area (Å²) in [6.07, 6.45) is 0.956. The smallest absolute Gasteiger partial charge is 0.331 e. The number of hydrogen-bond donors (Lipinski definition) is 0. The summed E-state index contributed by atoms with van der Waals surface area (Å²) in [4.78, 5) is 22.5. The van der Waals surface area contributed by atoms with Crippen molar-refractivity contribution in [3.63, 3.8) is 0 Å². The Morgan fingerprint density at radius 1 is 1.29 bits per heavy atom. The summed E-state index contributed by atoms with van der Waals surface area (Å²) < 4.78 is 11.9. The van der Waals surface area contributed by atoms with Crippen LogP contribution in [-0.2, 0) is 0 Å². The lowest BCUT2D eigenvalue weighted by molar-refractivity contribution is -0.384. The van der Waals surface area contributed by atoms with E-state index >= 15 is 0 Å². The van der Waals surface area contributed by atoms with E-state index in [4.69, 9.17) is 9.15 Å². The van der Waals surface area contributed by atoms with Gasteiger partial charge in [-0.25, -0.2) is 0 Å². The Kier molecular flexibility index (Phi) is 5.84. The molecule has 8 nitrogen and oxygen atoms in total. The number of carbonyl (C=O) groups is 1. The second kappa shape index (κ2) is 8.30.